The molecule has 4 nitrogen and oxygen atoms in total. The summed E-state index contributed by atoms with van der Waals surface area (Å²) in [5.74, 6) is 2.80. The first-order chi connectivity index (χ1) is 13.9. The molecule has 0 spiro atoms. The highest BCUT2D eigenvalue weighted by atomic mass is 16.3. The van der Waals surface area contributed by atoms with Crippen LogP contribution in [0, 0.1) is 28.6 Å². The van der Waals surface area contributed by atoms with Crippen LogP contribution in [0.25, 0.3) is 0 Å². The molecule has 6 atom stereocenters. The molecule has 4 aliphatic carbocycles. The molecule has 2 fully saturated rings. The summed E-state index contributed by atoms with van der Waals surface area (Å²) in [5.41, 5.74) is 0.895. The molecule has 0 radical (unpaired) electrons. The van der Waals surface area contributed by atoms with E-state index in [0.717, 1.165) is 12.2 Å². The van der Waals surface area contributed by atoms with Gasteiger partial charge < -0.3 is 5.11 Å². The highest BCUT2D eigenvalue weighted by Crippen LogP contribution is 2.68. The van der Waals surface area contributed by atoms with Crippen molar-refractivity contribution < 1.29 is 9.90 Å². The van der Waals surface area contributed by atoms with Gasteiger partial charge in [0.05, 0.1) is 0 Å². The molecule has 1 heterocycles. The summed E-state index contributed by atoms with van der Waals surface area (Å²) in [5, 5.41) is 10.1. The van der Waals surface area contributed by atoms with Gasteiger partial charge in [0, 0.05) is 42.7 Å². The molecule has 0 aliphatic heterocycles. The van der Waals surface area contributed by atoms with E-state index in [-0.39, 0.29) is 17.8 Å². The third-order valence-corrected chi connectivity index (χ3v) is 9.22. The second kappa shape index (κ2) is 6.60. The second-order valence-corrected chi connectivity index (χ2v) is 10.2. The number of hydrogen-bond donors (Lipinski definition) is 1. The Labute approximate surface area is 173 Å². The van der Waals surface area contributed by atoms with Crippen molar-refractivity contribution in [2.75, 3.05) is 6.61 Å². The summed E-state index contributed by atoms with van der Waals surface area (Å²) < 4.78 is 0. The van der Waals surface area contributed by atoms with Crippen molar-refractivity contribution in [2.45, 2.75) is 64.2 Å². The predicted octanol–water partition coefficient (Wildman–Crippen LogP) is 4.40. The van der Waals surface area contributed by atoms with Crippen LogP contribution in [0.5, 0.6) is 0 Å². The lowest BCUT2D eigenvalue weighted by Gasteiger charge is -2.62. The van der Waals surface area contributed by atoms with Gasteiger partial charge in [0.2, 0.25) is 0 Å². The number of rotatable bonds is 3. The Bertz CT molecular complexity index is 878. The van der Waals surface area contributed by atoms with E-state index >= 15 is 0 Å². The van der Waals surface area contributed by atoms with Gasteiger partial charge in [-0.15, -0.1) is 0 Å². The van der Waals surface area contributed by atoms with E-state index in [0.29, 0.717) is 42.4 Å². The van der Waals surface area contributed by atoms with Crippen LogP contribution < -0.4 is 0 Å². The second-order valence-electron chi connectivity index (χ2n) is 10.2. The van der Waals surface area contributed by atoms with Crippen LogP contribution in [0.15, 0.2) is 42.3 Å². The van der Waals surface area contributed by atoms with Gasteiger partial charge in [0.1, 0.15) is 11.6 Å². The minimum Gasteiger partial charge on any atom is -0.396 e. The van der Waals surface area contributed by atoms with E-state index in [4.69, 9.17) is 0 Å². The summed E-state index contributed by atoms with van der Waals surface area (Å²) in [6.07, 6.45) is 17.0. The highest BCUT2D eigenvalue weighted by molar-refractivity contribution is 5.85. The average molecular weight is 393 g/mol. The first-order valence-corrected chi connectivity index (χ1v) is 11.2. The van der Waals surface area contributed by atoms with Crippen molar-refractivity contribution in [3.05, 3.63) is 48.1 Å². The van der Waals surface area contributed by atoms with Gasteiger partial charge in [0.15, 0.2) is 0 Å². The van der Waals surface area contributed by atoms with Crippen LogP contribution in [0.1, 0.15) is 64.6 Å². The molecule has 0 amide bonds. The standard InChI is InChI=1S/C25H32N2O2/c1-23-9-3-5-20(23)19-7-6-17-15-18(29)16-25(11-14-28,22-26-12-4-13-27-22)24(17,2)21(19)8-10-23/h3-4,6,9,12-13,19-21,28H,5,7-8,10-11,14-16H2,1-2H3/t19-,20-,21-,23-,24-,25?/m0/s1. The SMILES string of the molecule is C[C@@]12C=CC[C@H]1[C@@H]1CC=C3CC(=O)CC(CCO)(c4ncccn4)[C@]3(C)[C@H]1CC2. The predicted molar refractivity (Wildman–Crippen MR) is 112 cm³/mol. The molecular weight excluding hydrogens is 360 g/mol. The molecule has 4 aliphatic rings. The Hall–Kier alpha value is -1.81. The van der Waals surface area contributed by atoms with Crippen molar-refractivity contribution in [1.29, 1.82) is 0 Å². The van der Waals surface area contributed by atoms with Crippen molar-refractivity contribution >= 4 is 5.78 Å². The maximum Gasteiger partial charge on any atom is 0.137 e. The Morgan fingerprint density at radius 2 is 1.97 bits per heavy atom. The van der Waals surface area contributed by atoms with Gasteiger partial charge >= 0.3 is 0 Å². The fourth-order valence-corrected chi connectivity index (χ4v) is 7.77. The first-order valence-electron chi connectivity index (χ1n) is 11.2. The lowest BCUT2D eigenvalue weighted by molar-refractivity contribution is -0.129. The fourth-order valence-electron chi connectivity index (χ4n) is 7.77. The summed E-state index contributed by atoms with van der Waals surface area (Å²) in [7, 11) is 0. The molecule has 0 saturated heterocycles. The normalized spacial score (nSPS) is 43.3. The number of carbonyl (C=O) groups excluding carboxylic acids is 1. The quantitative estimate of drug-likeness (QED) is 0.774. The number of ketones is 1. The Kier molecular flexibility index (Phi) is 4.36. The zero-order chi connectivity index (χ0) is 20.3. The van der Waals surface area contributed by atoms with Crippen molar-refractivity contribution in [1.82, 2.24) is 9.97 Å². The van der Waals surface area contributed by atoms with Gasteiger partial charge in [-0.25, -0.2) is 9.97 Å². The number of Topliss-reactive ketones (excluding diaryl/α,β-unsaturated/α-hetero) is 1. The van der Waals surface area contributed by atoms with Crippen molar-refractivity contribution in [2.24, 2.45) is 28.6 Å². The topological polar surface area (TPSA) is 63.1 Å². The Morgan fingerprint density at radius 1 is 1.17 bits per heavy atom. The van der Waals surface area contributed by atoms with E-state index < -0.39 is 5.41 Å². The molecular formula is C25H32N2O2. The van der Waals surface area contributed by atoms with E-state index in [1.165, 1.54) is 24.8 Å². The molecule has 1 N–H and O–H groups in total. The maximum absolute atomic E-state index is 12.9. The fraction of sp³-hybridized carbons (Fsp3) is 0.640. The Balaban J connectivity index is 1.68. The van der Waals surface area contributed by atoms with E-state index in [1.807, 2.05) is 6.07 Å². The highest BCUT2D eigenvalue weighted by Gasteiger charge is 2.64. The smallest absolute Gasteiger partial charge is 0.137 e. The zero-order valence-corrected chi connectivity index (χ0v) is 17.6. The third-order valence-electron chi connectivity index (χ3n) is 9.22. The Morgan fingerprint density at radius 3 is 2.72 bits per heavy atom. The van der Waals surface area contributed by atoms with Crippen molar-refractivity contribution in [3.8, 4) is 0 Å². The molecule has 5 rings (SSSR count). The molecule has 0 bridgehead atoms. The van der Waals surface area contributed by atoms with Crippen LogP contribution in [0.2, 0.25) is 0 Å². The first kappa shape index (κ1) is 19.2. The number of allylic oxidation sites excluding steroid dienone is 4. The van der Waals surface area contributed by atoms with Gasteiger partial charge in [-0.05, 0) is 61.3 Å². The lowest BCUT2D eigenvalue weighted by atomic mass is 9.41. The molecule has 1 unspecified atom stereocenters. The van der Waals surface area contributed by atoms with Crippen molar-refractivity contribution in [3.63, 3.8) is 0 Å². The number of aliphatic hydroxyl groups is 1. The number of aromatic nitrogens is 2. The van der Waals surface area contributed by atoms with Gasteiger partial charge in [-0.1, -0.05) is 37.6 Å². The van der Waals surface area contributed by atoms with Crippen LogP contribution in [0.4, 0.5) is 0 Å². The number of nitrogens with zero attached hydrogens (tertiary/aromatic N) is 2. The number of hydrogen-bond acceptors (Lipinski definition) is 4. The van der Waals surface area contributed by atoms with Crippen LogP contribution in [-0.4, -0.2) is 27.5 Å². The summed E-state index contributed by atoms with van der Waals surface area (Å²) in [4.78, 5) is 22.3. The maximum atomic E-state index is 12.9. The summed E-state index contributed by atoms with van der Waals surface area (Å²) >= 11 is 0. The van der Waals surface area contributed by atoms with Crippen LogP contribution in [-0.2, 0) is 10.2 Å². The molecule has 1 aromatic heterocycles. The van der Waals surface area contributed by atoms with E-state index in [2.05, 4.69) is 42.0 Å². The molecule has 29 heavy (non-hydrogen) atoms. The van der Waals surface area contributed by atoms with Gasteiger partial charge in [-0.2, -0.15) is 0 Å². The number of aliphatic hydroxyl groups excluding tert-OH is 1. The lowest BCUT2D eigenvalue weighted by Crippen LogP contribution is -2.60. The minimum atomic E-state index is -0.521. The minimum absolute atomic E-state index is 0.0501. The summed E-state index contributed by atoms with van der Waals surface area (Å²) in [6.45, 7) is 4.86. The molecule has 154 valence electrons. The number of carbonyl (C=O) groups is 1. The number of fused-ring (bicyclic) bond motifs is 5. The molecule has 2 saturated carbocycles. The van der Waals surface area contributed by atoms with Crippen LogP contribution in [0.3, 0.4) is 0 Å². The summed E-state index contributed by atoms with van der Waals surface area (Å²) in [6, 6.07) is 1.83. The van der Waals surface area contributed by atoms with E-state index in [9.17, 15) is 9.90 Å². The third kappa shape index (κ3) is 2.51. The van der Waals surface area contributed by atoms with Gasteiger partial charge in [-0.3, -0.25) is 4.79 Å². The van der Waals surface area contributed by atoms with Gasteiger partial charge in [0.25, 0.3) is 0 Å². The van der Waals surface area contributed by atoms with E-state index in [1.54, 1.807) is 12.4 Å². The average Bonchev–Trinajstić information content (AvgIpc) is 3.11. The van der Waals surface area contributed by atoms with Crippen LogP contribution >= 0.6 is 0 Å². The molecule has 1 aromatic rings. The monoisotopic (exact) mass is 392 g/mol. The zero-order valence-electron chi connectivity index (χ0n) is 17.6. The molecule has 4 heteroatoms. The molecule has 0 aromatic carbocycles. The largest absolute Gasteiger partial charge is 0.396 e.